The number of benzene rings is 1. The molecule has 0 aromatic heterocycles. The molecule has 0 amide bonds. The molecule has 2 N–H and O–H groups in total. The van der Waals surface area contributed by atoms with E-state index in [1.807, 2.05) is 12.1 Å². The molecule has 1 unspecified atom stereocenters. The Kier molecular flexibility index (Phi) is 4.52. The number of carboxylic acids is 1. The first-order valence-corrected chi connectivity index (χ1v) is 6.32. The van der Waals surface area contributed by atoms with Gasteiger partial charge in [-0.15, -0.1) is 0 Å². The zero-order chi connectivity index (χ0) is 13.7. The highest BCUT2D eigenvalue weighted by Crippen LogP contribution is 2.21. The quantitative estimate of drug-likeness (QED) is 0.811. The molecule has 1 heterocycles. The van der Waals surface area contributed by atoms with Gasteiger partial charge in [-0.25, -0.2) is 4.79 Å². The molecule has 1 fully saturated rings. The van der Waals surface area contributed by atoms with Gasteiger partial charge in [0.25, 0.3) is 0 Å². The second-order valence-corrected chi connectivity index (χ2v) is 4.76. The lowest BCUT2D eigenvalue weighted by atomic mass is 10.0. The summed E-state index contributed by atoms with van der Waals surface area (Å²) in [6.07, 6.45) is 0.858. The number of hydrogen-bond donors (Lipinski definition) is 2. The zero-order valence-corrected chi connectivity index (χ0v) is 11.0. The van der Waals surface area contributed by atoms with E-state index in [4.69, 9.17) is 14.6 Å². The molecule has 2 rings (SSSR count). The molecule has 19 heavy (non-hydrogen) atoms. The van der Waals surface area contributed by atoms with Crippen LogP contribution in [0.1, 0.15) is 22.3 Å². The van der Waals surface area contributed by atoms with E-state index in [-0.39, 0.29) is 5.60 Å². The first-order chi connectivity index (χ1) is 9.17. The minimum absolute atomic E-state index is 0.280. The molecular formula is C14H19NO4. The number of rotatable bonds is 6. The standard InChI is InChI=1S/C14H19NO4/c1-18-14(6-7-19-10-14)9-15-8-11-4-2-3-5-12(11)13(16)17/h2-5,15H,6-10H2,1H3,(H,16,17). The molecule has 104 valence electrons. The van der Waals surface area contributed by atoms with Crippen molar-refractivity contribution >= 4 is 5.97 Å². The Bertz CT molecular complexity index is 441. The molecule has 0 radical (unpaired) electrons. The monoisotopic (exact) mass is 265 g/mol. The van der Waals surface area contributed by atoms with Crippen LogP contribution in [0.2, 0.25) is 0 Å². The SMILES string of the molecule is COC1(CNCc2ccccc2C(=O)O)CCOC1. The van der Waals surface area contributed by atoms with Crippen LogP contribution < -0.4 is 5.32 Å². The predicted molar refractivity (Wildman–Crippen MR) is 70.3 cm³/mol. The Morgan fingerprint density at radius 2 is 2.32 bits per heavy atom. The van der Waals surface area contributed by atoms with E-state index in [9.17, 15) is 4.79 Å². The van der Waals surface area contributed by atoms with E-state index in [2.05, 4.69) is 5.32 Å². The molecule has 1 aliphatic heterocycles. The summed E-state index contributed by atoms with van der Waals surface area (Å²) >= 11 is 0. The van der Waals surface area contributed by atoms with Gasteiger partial charge in [-0.3, -0.25) is 0 Å². The number of carbonyl (C=O) groups is 1. The summed E-state index contributed by atoms with van der Waals surface area (Å²) in [5.41, 5.74) is 0.836. The third-order valence-corrected chi connectivity index (χ3v) is 3.51. The van der Waals surface area contributed by atoms with Crippen molar-refractivity contribution in [3.63, 3.8) is 0 Å². The van der Waals surface area contributed by atoms with Gasteiger partial charge in [-0.1, -0.05) is 18.2 Å². The van der Waals surface area contributed by atoms with Gasteiger partial charge in [-0.05, 0) is 11.6 Å². The molecule has 0 saturated carbocycles. The van der Waals surface area contributed by atoms with Crippen molar-refractivity contribution in [2.75, 3.05) is 26.9 Å². The Labute approximate surface area is 112 Å². The molecule has 1 atom stereocenters. The van der Waals surface area contributed by atoms with Crippen LogP contribution in [0.15, 0.2) is 24.3 Å². The molecule has 0 spiro atoms. The minimum Gasteiger partial charge on any atom is -0.478 e. The molecular weight excluding hydrogens is 246 g/mol. The first-order valence-electron chi connectivity index (χ1n) is 6.32. The van der Waals surface area contributed by atoms with E-state index >= 15 is 0 Å². The fourth-order valence-corrected chi connectivity index (χ4v) is 2.27. The summed E-state index contributed by atoms with van der Waals surface area (Å²) < 4.78 is 10.9. The van der Waals surface area contributed by atoms with Crippen LogP contribution in [0.5, 0.6) is 0 Å². The summed E-state index contributed by atoms with van der Waals surface area (Å²) in [5, 5.41) is 12.4. The maximum Gasteiger partial charge on any atom is 0.336 e. The van der Waals surface area contributed by atoms with Gasteiger partial charge in [0.05, 0.1) is 12.2 Å². The largest absolute Gasteiger partial charge is 0.478 e. The predicted octanol–water partition coefficient (Wildman–Crippen LogP) is 1.28. The fraction of sp³-hybridized carbons (Fsp3) is 0.500. The normalized spacial score (nSPS) is 22.6. The Morgan fingerprint density at radius 1 is 1.53 bits per heavy atom. The molecule has 5 heteroatoms. The maximum absolute atomic E-state index is 11.1. The second-order valence-electron chi connectivity index (χ2n) is 4.76. The summed E-state index contributed by atoms with van der Waals surface area (Å²) in [6, 6.07) is 7.01. The number of ether oxygens (including phenoxy) is 2. The highest BCUT2D eigenvalue weighted by atomic mass is 16.5. The van der Waals surface area contributed by atoms with Gasteiger partial charge in [0, 0.05) is 33.2 Å². The maximum atomic E-state index is 11.1. The van der Waals surface area contributed by atoms with E-state index in [0.717, 1.165) is 12.0 Å². The highest BCUT2D eigenvalue weighted by molar-refractivity contribution is 5.89. The molecule has 5 nitrogen and oxygen atoms in total. The van der Waals surface area contributed by atoms with Crippen molar-refractivity contribution in [2.24, 2.45) is 0 Å². The lowest BCUT2D eigenvalue weighted by Crippen LogP contribution is -2.42. The topological polar surface area (TPSA) is 67.8 Å². The zero-order valence-electron chi connectivity index (χ0n) is 11.0. The molecule has 0 bridgehead atoms. The van der Waals surface area contributed by atoms with Crippen molar-refractivity contribution in [3.8, 4) is 0 Å². The highest BCUT2D eigenvalue weighted by Gasteiger charge is 2.34. The molecule has 1 aliphatic rings. The number of hydrogen-bond acceptors (Lipinski definition) is 4. The third kappa shape index (κ3) is 3.32. The fourth-order valence-electron chi connectivity index (χ4n) is 2.27. The average Bonchev–Trinajstić information content (AvgIpc) is 2.88. The molecule has 1 aromatic carbocycles. The van der Waals surface area contributed by atoms with Gasteiger partial charge >= 0.3 is 5.97 Å². The van der Waals surface area contributed by atoms with Crippen molar-refractivity contribution in [2.45, 2.75) is 18.6 Å². The van der Waals surface area contributed by atoms with Gasteiger partial charge in [0.2, 0.25) is 0 Å². The Morgan fingerprint density at radius 3 is 2.95 bits per heavy atom. The number of nitrogens with one attached hydrogen (secondary N) is 1. The van der Waals surface area contributed by atoms with E-state index < -0.39 is 5.97 Å². The van der Waals surface area contributed by atoms with Crippen molar-refractivity contribution in [1.82, 2.24) is 5.32 Å². The Hall–Kier alpha value is -1.43. The van der Waals surface area contributed by atoms with Crippen LogP contribution >= 0.6 is 0 Å². The van der Waals surface area contributed by atoms with Crippen LogP contribution in [-0.4, -0.2) is 43.5 Å². The van der Waals surface area contributed by atoms with Gasteiger partial charge in [-0.2, -0.15) is 0 Å². The van der Waals surface area contributed by atoms with Gasteiger partial charge in [0.1, 0.15) is 5.60 Å². The van der Waals surface area contributed by atoms with Crippen molar-refractivity contribution in [3.05, 3.63) is 35.4 Å². The average molecular weight is 265 g/mol. The second kappa shape index (κ2) is 6.14. The van der Waals surface area contributed by atoms with E-state index in [1.54, 1.807) is 19.2 Å². The summed E-state index contributed by atoms with van der Waals surface area (Å²) in [4.78, 5) is 11.1. The van der Waals surface area contributed by atoms with Gasteiger partial charge < -0.3 is 19.9 Å². The number of aromatic carboxylic acids is 1. The lowest BCUT2D eigenvalue weighted by molar-refractivity contribution is -0.0159. The van der Waals surface area contributed by atoms with Crippen LogP contribution in [-0.2, 0) is 16.0 Å². The van der Waals surface area contributed by atoms with Crippen LogP contribution in [0.4, 0.5) is 0 Å². The first kappa shape index (κ1) is 14.0. The smallest absolute Gasteiger partial charge is 0.336 e. The van der Waals surface area contributed by atoms with E-state index in [1.165, 1.54) is 0 Å². The number of methoxy groups -OCH3 is 1. The van der Waals surface area contributed by atoms with Gasteiger partial charge in [0.15, 0.2) is 0 Å². The van der Waals surface area contributed by atoms with Crippen molar-refractivity contribution in [1.29, 1.82) is 0 Å². The Balaban J connectivity index is 1.94. The van der Waals surface area contributed by atoms with Crippen LogP contribution in [0.25, 0.3) is 0 Å². The van der Waals surface area contributed by atoms with E-state index in [0.29, 0.717) is 31.9 Å². The third-order valence-electron chi connectivity index (χ3n) is 3.51. The minimum atomic E-state index is -0.900. The number of carboxylic acid groups (broad SMARTS) is 1. The lowest BCUT2D eigenvalue weighted by Gasteiger charge is -2.26. The molecule has 1 saturated heterocycles. The van der Waals surface area contributed by atoms with Crippen molar-refractivity contribution < 1.29 is 19.4 Å². The summed E-state index contributed by atoms with van der Waals surface area (Å²) in [7, 11) is 1.68. The summed E-state index contributed by atoms with van der Waals surface area (Å²) in [6.45, 7) is 2.45. The molecule has 0 aliphatic carbocycles. The summed E-state index contributed by atoms with van der Waals surface area (Å²) in [5.74, 6) is -0.900. The van der Waals surface area contributed by atoms with Crippen LogP contribution in [0, 0.1) is 0 Å². The van der Waals surface area contributed by atoms with Crippen LogP contribution in [0.3, 0.4) is 0 Å². The molecule has 1 aromatic rings.